The SMILES string of the molecule is CCCSc1nnc(NC(=O)c2cccc(OCc3ccccc3)c2)s1. The molecule has 1 amide bonds. The van der Waals surface area contributed by atoms with Crippen LogP contribution in [0.4, 0.5) is 5.13 Å². The summed E-state index contributed by atoms with van der Waals surface area (Å²) < 4.78 is 6.64. The quantitative estimate of drug-likeness (QED) is 0.443. The largest absolute Gasteiger partial charge is 0.489 e. The van der Waals surface area contributed by atoms with Gasteiger partial charge < -0.3 is 4.74 Å². The van der Waals surface area contributed by atoms with E-state index in [-0.39, 0.29) is 5.91 Å². The third kappa shape index (κ3) is 5.31. The van der Waals surface area contributed by atoms with Gasteiger partial charge in [-0.1, -0.05) is 66.4 Å². The van der Waals surface area contributed by atoms with Crippen LogP contribution >= 0.6 is 23.1 Å². The van der Waals surface area contributed by atoms with Crippen LogP contribution in [-0.2, 0) is 6.61 Å². The van der Waals surface area contributed by atoms with E-state index in [1.165, 1.54) is 11.3 Å². The number of benzene rings is 2. The van der Waals surface area contributed by atoms with Gasteiger partial charge in [0.2, 0.25) is 5.13 Å². The first kappa shape index (κ1) is 18.4. The van der Waals surface area contributed by atoms with Crippen molar-refractivity contribution in [1.82, 2.24) is 10.2 Å². The molecule has 26 heavy (non-hydrogen) atoms. The van der Waals surface area contributed by atoms with Gasteiger partial charge in [-0.3, -0.25) is 10.1 Å². The third-order valence-corrected chi connectivity index (χ3v) is 5.58. The first-order chi connectivity index (χ1) is 12.7. The lowest BCUT2D eigenvalue weighted by atomic mass is 10.2. The van der Waals surface area contributed by atoms with Crippen LogP contribution in [0.5, 0.6) is 5.75 Å². The van der Waals surface area contributed by atoms with Crippen molar-refractivity contribution in [2.75, 3.05) is 11.1 Å². The summed E-state index contributed by atoms with van der Waals surface area (Å²) in [6.45, 7) is 2.57. The van der Waals surface area contributed by atoms with Crippen LogP contribution in [0.3, 0.4) is 0 Å². The predicted octanol–water partition coefficient (Wildman–Crippen LogP) is 4.87. The second-order valence-electron chi connectivity index (χ2n) is 5.48. The Labute approximate surface area is 160 Å². The summed E-state index contributed by atoms with van der Waals surface area (Å²) in [6, 6.07) is 17.0. The molecule has 5 nitrogen and oxygen atoms in total. The van der Waals surface area contributed by atoms with Crippen molar-refractivity contribution in [1.29, 1.82) is 0 Å². The predicted molar refractivity (Wildman–Crippen MR) is 106 cm³/mol. The Morgan fingerprint density at radius 3 is 2.81 bits per heavy atom. The highest BCUT2D eigenvalue weighted by Gasteiger charge is 2.11. The highest BCUT2D eigenvalue weighted by Crippen LogP contribution is 2.26. The maximum absolute atomic E-state index is 12.4. The summed E-state index contributed by atoms with van der Waals surface area (Å²) in [7, 11) is 0. The average Bonchev–Trinajstić information content (AvgIpc) is 3.13. The van der Waals surface area contributed by atoms with E-state index >= 15 is 0 Å². The number of carbonyl (C=O) groups excluding carboxylic acids is 1. The van der Waals surface area contributed by atoms with E-state index in [0.29, 0.717) is 23.1 Å². The van der Waals surface area contributed by atoms with E-state index in [2.05, 4.69) is 22.4 Å². The summed E-state index contributed by atoms with van der Waals surface area (Å²) in [6.07, 6.45) is 1.07. The number of hydrogen-bond donors (Lipinski definition) is 1. The molecule has 0 saturated heterocycles. The second-order valence-corrected chi connectivity index (χ2v) is 7.80. The molecule has 1 N–H and O–H groups in total. The molecule has 7 heteroatoms. The van der Waals surface area contributed by atoms with Gasteiger partial charge in [0.25, 0.3) is 5.91 Å². The van der Waals surface area contributed by atoms with Crippen LogP contribution in [0.15, 0.2) is 58.9 Å². The summed E-state index contributed by atoms with van der Waals surface area (Å²) in [5.41, 5.74) is 1.60. The second kappa shape index (κ2) is 9.35. The number of hydrogen-bond acceptors (Lipinski definition) is 6. The van der Waals surface area contributed by atoms with Crippen molar-refractivity contribution >= 4 is 34.1 Å². The standard InChI is InChI=1S/C19H19N3O2S2/c1-2-11-25-19-22-21-18(26-19)20-17(23)15-9-6-10-16(12-15)24-13-14-7-4-3-5-8-14/h3-10,12H,2,11,13H2,1H3,(H,20,21,23). The molecule has 0 atom stereocenters. The molecule has 0 aliphatic heterocycles. The maximum atomic E-state index is 12.4. The molecular weight excluding hydrogens is 366 g/mol. The summed E-state index contributed by atoms with van der Waals surface area (Å²) in [5, 5.41) is 11.4. The van der Waals surface area contributed by atoms with E-state index in [0.717, 1.165) is 22.1 Å². The zero-order valence-corrected chi connectivity index (χ0v) is 16.0. The van der Waals surface area contributed by atoms with Gasteiger partial charge in [-0.15, -0.1) is 10.2 Å². The molecule has 1 aromatic heterocycles. The zero-order chi connectivity index (χ0) is 18.2. The molecule has 3 aromatic rings. The highest BCUT2D eigenvalue weighted by molar-refractivity contribution is 8.01. The molecular formula is C19H19N3O2S2. The monoisotopic (exact) mass is 385 g/mol. The van der Waals surface area contributed by atoms with Crippen LogP contribution < -0.4 is 10.1 Å². The first-order valence-electron chi connectivity index (χ1n) is 8.29. The Hall–Kier alpha value is -2.38. The van der Waals surface area contributed by atoms with Gasteiger partial charge in [0.05, 0.1) is 0 Å². The van der Waals surface area contributed by atoms with Gasteiger partial charge in [0, 0.05) is 11.3 Å². The van der Waals surface area contributed by atoms with E-state index in [9.17, 15) is 4.79 Å². The zero-order valence-electron chi connectivity index (χ0n) is 14.3. The van der Waals surface area contributed by atoms with Crippen LogP contribution in [0, 0.1) is 0 Å². The number of thioether (sulfide) groups is 1. The maximum Gasteiger partial charge on any atom is 0.257 e. The Morgan fingerprint density at radius 1 is 1.15 bits per heavy atom. The van der Waals surface area contributed by atoms with Gasteiger partial charge in [0.1, 0.15) is 12.4 Å². The molecule has 0 aliphatic carbocycles. The Kier molecular flexibility index (Phi) is 6.62. The van der Waals surface area contributed by atoms with Crippen LogP contribution in [0.1, 0.15) is 29.3 Å². The van der Waals surface area contributed by atoms with Crippen molar-refractivity contribution in [3.63, 3.8) is 0 Å². The van der Waals surface area contributed by atoms with Crippen molar-refractivity contribution in [3.05, 3.63) is 65.7 Å². The van der Waals surface area contributed by atoms with Crippen molar-refractivity contribution in [3.8, 4) is 5.75 Å². The minimum absolute atomic E-state index is 0.224. The Bertz CT molecular complexity index is 853. The molecule has 2 aromatic carbocycles. The molecule has 0 saturated carbocycles. The average molecular weight is 386 g/mol. The number of nitrogens with zero attached hydrogens (tertiary/aromatic N) is 2. The first-order valence-corrected chi connectivity index (χ1v) is 10.1. The molecule has 0 unspecified atom stereocenters. The summed E-state index contributed by atoms with van der Waals surface area (Å²) in [5.74, 6) is 1.42. The van der Waals surface area contributed by atoms with Crippen molar-refractivity contribution in [2.24, 2.45) is 0 Å². The topological polar surface area (TPSA) is 64.1 Å². The van der Waals surface area contributed by atoms with Gasteiger partial charge in [-0.05, 0) is 30.2 Å². The summed E-state index contributed by atoms with van der Waals surface area (Å²) in [4.78, 5) is 12.4. The smallest absolute Gasteiger partial charge is 0.257 e. The lowest BCUT2D eigenvalue weighted by Gasteiger charge is -2.08. The summed E-state index contributed by atoms with van der Waals surface area (Å²) >= 11 is 3.03. The molecule has 0 bridgehead atoms. The lowest BCUT2D eigenvalue weighted by molar-refractivity contribution is 0.102. The van der Waals surface area contributed by atoms with Crippen LogP contribution in [0.25, 0.3) is 0 Å². The Balaban J connectivity index is 1.60. The number of aromatic nitrogens is 2. The number of anilines is 1. The fourth-order valence-electron chi connectivity index (χ4n) is 2.15. The molecule has 1 heterocycles. The minimum atomic E-state index is -0.224. The van der Waals surface area contributed by atoms with E-state index in [1.807, 2.05) is 36.4 Å². The van der Waals surface area contributed by atoms with Gasteiger partial charge in [0.15, 0.2) is 4.34 Å². The number of carbonyl (C=O) groups is 1. The minimum Gasteiger partial charge on any atom is -0.489 e. The van der Waals surface area contributed by atoms with Crippen LogP contribution in [0.2, 0.25) is 0 Å². The van der Waals surface area contributed by atoms with E-state index < -0.39 is 0 Å². The van der Waals surface area contributed by atoms with Gasteiger partial charge in [-0.2, -0.15) is 0 Å². The van der Waals surface area contributed by atoms with Crippen molar-refractivity contribution < 1.29 is 9.53 Å². The molecule has 3 rings (SSSR count). The molecule has 0 spiro atoms. The van der Waals surface area contributed by atoms with E-state index in [1.54, 1.807) is 30.0 Å². The number of rotatable bonds is 8. The lowest BCUT2D eigenvalue weighted by Crippen LogP contribution is -2.11. The fourth-order valence-corrected chi connectivity index (χ4v) is 3.82. The molecule has 134 valence electrons. The van der Waals surface area contributed by atoms with E-state index in [4.69, 9.17) is 4.74 Å². The molecule has 0 aliphatic rings. The third-order valence-electron chi connectivity index (χ3n) is 3.40. The normalized spacial score (nSPS) is 10.5. The van der Waals surface area contributed by atoms with Gasteiger partial charge >= 0.3 is 0 Å². The molecule has 0 radical (unpaired) electrons. The van der Waals surface area contributed by atoms with Gasteiger partial charge in [-0.25, -0.2) is 0 Å². The Morgan fingerprint density at radius 2 is 2.00 bits per heavy atom. The number of nitrogens with one attached hydrogen (secondary N) is 1. The number of ether oxygens (including phenoxy) is 1. The number of amides is 1. The molecule has 0 fully saturated rings. The van der Waals surface area contributed by atoms with Crippen molar-refractivity contribution in [2.45, 2.75) is 24.3 Å². The highest BCUT2D eigenvalue weighted by atomic mass is 32.2. The van der Waals surface area contributed by atoms with Crippen LogP contribution in [-0.4, -0.2) is 21.9 Å². The fraction of sp³-hybridized carbons (Fsp3) is 0.211.